The van der Waals surface area contributed by atoms with Crippen LogP contribution in [-0.2, 0) is 0 Å². The average Bonchev–Trinajstić information content (AvgIpc) is 2.50. The van der Waals surface area contributed by atoms with Crippen molar-refractivity contribution < 1.29 is 9.66 Å². The summed E-state index contributed by atoms with van der Waals surface area (Å²) in [7, 11) is 0. The van der Waals surface area contributed by atoms with Gasteiger partial charge >= 0.3 is 0 Å². The second-order valence-electron chi connectivity index (χ2n) is 4.80. The smallest absolute Gasteiger partial charge is 0.279 e. The van der Waals surface area contributed by atoms with Gasteiger partial charge in [-0.25, -0.2) is 0 Å². The number of aromatic nitrogens is 1. The van der Waals surface area contributed by atoms with Gasteiger partial charge in [0.1, 0.15) is 11.5 Å². The van der Waals surface area contributed by atoms with Crippen molar-refractivity contribution in [2.45, 2.75) is 6.92 Å². The first kappa shape index (κ1) is 14.5. The van der Waals surface area contributed by atoms with Crippen LogP contribution in [0.2, 0.25) is 0 Å². The molecule has 0 aliphatic carbocycles. The highest BCUT2D eigenvalue weighted by atomic mass is 79.9. The Morgan fingerprint density at radius 2 is 1.91 bits per heavy atom. The van der Waals surface area contributed by atoms with Crippen LogP contribution in [0.25, 0.3) is 10.8 Å². The van der Waals surface area contributed by atoms with E-state index in [9.17, 15) is 10.1 Å². The van der Waals surface area contributed by atoms with Crippen molar-refractivity contribution in [3.05, 3.63) is 68.9 Å². The third kappa shape index (κ3) is 2.65. The Labute approximate surface area is 134 Å². The van der Waals surface area contributed by atoms with Crippen molar-refractivity contribution in [2.75, 3.05) is 0 Å². The maximum absolute atomic E-state index is 11.1. The van der Waals surface area contributed by atoms with Gasteiger partial charge in [0.2, 0.25) is 0 Å². The van der Waals surface area contributed by atoms with E-state index in [1.54, 1.807) is 18.3 Å². The molecule has 0 spiro atoms. The lowest BCUT2D eigenvalue weighted by molar-refractivity contribution is -0.383. The van der Waals surface area contributed by atoms with Gasteiger partial charge in [-0.15, -0.1) is 0 Å². The van der Waals surface area contributed by atoms with E-state index in [-0.39, 0.29) is 5.69 Å². The van der Waals surface area contributed by atoms with E-state index in [0.29, 0.717) is 22.3 Å². The Balaban J connectivity index is 2.12. The SMILES string of the molecule is Cc1ccc(Oc2ccc([N+](=O)[O-])c3cnccc23)c(Br)c1. The van der Waals surface area contributed by atoms with Crippen LogP contribution in [0.1, 0.15) is 5.56 Å². The fraction of sp³-hybridized carbons (Fsp3) is 0.0625. The van der Waals surface area contributed by atoms with Gasteiger partial charge in [-0.05, 0) is 52.7 Å². The summed E-state index contributed by atoms with van der Waals surface area (Å²) >= 11 is 3.46. The first-order valence-corrected chi connectivity index (χ1v) is 7.30. The van der Waals surface area contributed by atoms with E-state index in [2.05, 4.69) is 20.9 Å². The molecular formula is C16H11BrN2O3. The molecule has 0 aliphatic heterocycles. The molecule has 0 atom stereocenters. The largest absolute Gasteiger partial charge is 0.456 e. The van der Waals surface area contributed by atoms with Crippen LogP contribution < -0.4 is 4.74 Å². The summed E-state index contributed by atoms with van der Waals surface area (Å²) in [5.74, 6) is 1.20. The molecule has 1 aromatic heterocycles. The molecular weight excluding hydrogens is 348 g/mol. The maximum Gasteiger partial charge on any atom is 0.279 e. The number of rotatable bonds is 3. The lowest BCUT2D eigenvalue weighted by Gasteiger charge is -2.11. The normalized spacial score (nSPS) is 10.6. The highest BCUT2D eigenvalue weighted by molar-refractivity contribution is 9.10. The van der Waals surface area contributed by atoms with Crippen molar-refractivity contribution in [3.63, 3.8) is 0 Å². The summed E-state index contributed by atoms with van der Waals surface area (Å²) in [5, 5.41) is 12.2. The van der Waals surface area contributed by atoms with E-state index in [1.165, 1.54) is 12.3 Å². The van der Waals surface area contributed by atoms with E-state index in [1.807, 2.05) is 25.1 Å². The fourth-order valence-electron chi connectivity index (χ4n) is 2.20. The quantitative estimate of drug-likeness (QED) is 0.487. The van der Waals surface area contributed by atoms with Crippen molar-refractivity contribution in [3.8, 4) is 11.5 Å². The number of pyridine rings is 1. The van der Waals surface area contributed by atoms with Gasteiger partial charge in [0, 0.05) is 23.8 Å². The number of non-ortho nitro benzene ring substituents is 1. The first-order valence-electron chi connectivity index (χ1n) is 6.51. The maximum atomic E-state index is 11.1. The van der Waals surface area contributed by atoms with Crippen molar-refractivity contribution in [2.24, 2.45) is 0 Å². The zero-order chi connectivity index (χ0) is 15.7. The molecule has 22 heavy (non-hydrogen) atoms. The molecule has 1 heterocycles. The lowest BCUT2D eigenvalue weighted by atomic mass is 10.1. The number of ether oxygens (including phenoxy) is 1. The van der Waals surface area contributed by atoms with Crippen molar-refractivity contribution >= 4 is 32.4 Å². The summed E-state index contributed by atoms with van der Waals surface area (Å²) in [6.07, 6.45) is 3.06. The minimum absolute atomic E-state index is 0.0124. The van der Waals surface area contributed by atoms with Gasteiger partial charge in [-0.1, -0.05) is 6.07 Å². The van der Waals surface area contributed by atoms with Gasteiger partial charge in [-0.3, -0.25) is 15.1 Å². The second-order valence-corrected chi connectivity index (χ2v) is 5.65. The summed E-state index contributed by atoms with van der Waals surface area (Å²) < 4.78 is 6.74. The Morgan fingerprint density at radius 1 is 1.14 bits per heavy atom. The molecule has 0 saturated carbocycles. The van der Waals surface area contributed by atoms with Crippen molar-refractivity contribution in [1.29, 1.82) is 0 Å². The summed E-state index contributed by atoms with van der Waals surface area (Å²) in [4.78, 5) is 14.6. The molecule has 0 aliphatic rings. The molecule has 3 aromatic rings. The van der Waals surface area contributed by atoms with E-state index < -0.39 is 4.92 Å². The molecule has 2 aromatic carbocycles. The second kappa shape index (κ2) is 5.73. The predicted octanol–water partition coefficient (Wildman–Crippen LogP) is 5.01. The van der Waals surface area contributed by atoms with Gasteiger partial charge in [0.25, 0.3) is 5.69 Å². The van der Waals surface area contributed by atoms with E-state index in [4.69, 9.17) is 4.74 Å². The topological polar surface area (TPSA) is 65.3 Å². The fourth-order valence-corrected chi connectivity index (χ4v) is 2.78. The monoisotopic (exact) mass is 358 g/mol. The number of hydrogen-bond donors (Lipinski definition) is 0. The van der Waals surface area contributed by atoms with Crippen LogP contribution in [-0.4, -0.2) is 9.91 Å². The molecule has 0 bridgehead atoms. The number of benzene rings is 2. The number of nitro groups is 1. The van der Waals surface area contributed by atoms with Gasteiger partial charge in [0.05, 0.1) is 14.8 Å². The van der Waals surface area contributed by atoms with Gasteiger partial charge in [-0.2, -0.15) is 0 Å². The molecule has 3 rings (SSSR count). The Hall–Kier alpha value is -2.47. The zero-order valence-electron chi connectivity index (χ0n) is 11.6. The van der Waals surface area contributed by atoms with Crippen LogP contribution in [0.5, 0.6) is 11.5 Å². The third-order valence-corrected chi connectivity index (χ3v) is 3.88. The Kier molecular flexibility index (Phi) is 3.77. The number of nitro benzene ring substituents is 1. The van der Waals surface area contributed by atoms with Gasteiger partial charge in [0.15, 0.2) is 0 Å². The summed E-state index contributed by atoms with van der Waals surface area (Å²) in [6, 6.07) is 10.5. The van der Waals surface area contributed by atoms with Crippen LogP contribution >= 0.6 is 15.9 Å². The van der Waals surface area contributed by atoms with Crippen molar-refractivity contribution in [1.82, 2.24) is 4.98 Å². The first-order chi connectivity index (χ1) is 10.6. The molecule has 5 nitrogen and oxygen atoms in total. The van der Waals surface area contributed by atoms with Crippen LogP contribution in [0.3, 0.4) is 0 Å². The van der Waals surface area contributed by atoms with Gasteiger partial charge < -0.3 is 4.74 Å². The van der Waals surface area contributed by atoms with Crippen LogP contribution in [0, 0.1) is 17.0 Å². The molecule has 0 saturated heterocycles. The number of fused-ring (bicyclic) bond motifs is 1. The number of halogens is 1. The standard InChI is InChI=1S/C16H11BrN2O3/c1-10-2-4-16(13(17)8-10)22-15-5-3-14(19(20)21)12-9-18-7-6-11(12)15/h2-9H,1H3. The average molecular weight is 359 g/mol. The highest BCUT2D eigenvalue weighted by Gasteiger charge is 2.16. The lowest BCUT2D eigenvalue weighted by Crippen LogP contribution is -1.93. The molecule has 6 heteroatoms. The Bertz CT molecular complexity index is 880. The van der Waals surface area contributed by atoms with E-state index >= 15 is 0 Å². The molecule has 0 fully saturated rings. The number of nitrogens with zero attached hydrogens (tertiary/aromatic N) is 2. The Morgan fingerprint density at radius 3 is 2.64 bits per heavy atom. The number of hydrogen-bond acceptors (Lipinski definition) is 4. The summed E-state index contributed by atoms with van der Waals surface area (Å²) in [5.41, 5.74) is 1.12. The third-order valence-electron chi connectivity index (χ3n) is 3.26. The molecule has 110 valence electrons. The molecule has 0 N–H and O–H groups in total. The number of aryl methyl sites for hydroxylation is 1. The van der Waals surface area contributed by atoms with E-state index in [0.717, 1.165) is 10.0 Å². The minimum Gasteiger partial charge on any atom is -0.456 e. The molecule has 0 amide bonds. The summed E-state index contributed by atoms with van der Waals surface area (Å²) in [6.45, 7) is 1.99. The highest BCUT2D eigenvalue weighted by Crippen LogP contribution is 2.37. The molecule has 0 unspecified atom stereocenters. The van der Waals surface area contributed by atoms with Crippen LogP contribution in [0.15, 0.2) is 53.3 Å². The predicted molar refractivity (Wildman–Crippen MR) is 87.4 cm³/mol. The van der Waals surface area contributed by atoms with Crippen LogP contribution in [0.4, 0.5) is 5.69 Å². The zero-order valence-corrected chi connectivity index (χ0v) is 13.2. The molecule has 0 radical (unpaired) electrons. The minimum atomic E-state index is -0.421.